The Labute approximate surface area is 129 Å². The van der Waals surface area contributed by atoms with Gasteiger partial charge in [0.1, 0.15) is 0 Å². The highest BCUT2D eigenvalue weighted by molar-refractivity contribution is 7.08. The molecule has 3 heterocycles. The van der Waals surface area contributed by atoms with Crippen molar-refractivity contribution in [1.29, 1.82) is 0 Å². The van der Waals surface area contributed by atoms with Gasteiger partial charge < -0.3 is 4.90 Å². The average molecular weight is 300 g/mol. The third kappa shape index (κ3) is 3.50. The van der Waals surface area contributed by atoms with Gasteiger partial charge in [-0.2, -0.15) is 11.3 Å². The maximum absolute atomic E-state index is 12.4. The number of aromatic nitrogens is 1. The molecule has 0 unspecified atom stereocenters. The Hall–Kier alpha value is -1.68. The summed E-state index contributed by atoms with van der Waals surface area (Å²) in [5.74, 6) is 0.730. The zero-order chi connectivity index (χ0) is 14.7. The van der Waals surface area contributed by atoms with Crippen molar-refractivity contribution in [2.75, 3.05) is 13.1 Å². The number of carbonyl (C=O) groups is 1. The molecule has 21 heavy (non-hydrogen) atoms. The molecule has 1 saturated heterocycles. The summed E-state index contributed by atoms with van der Waals surface area (Å²) in [5.41, 5.74) is 3.16. The van der Waals surface area contributed by atoms with Gasteiger partial charge in [-0.3, -0.25) is 9.78 Å². The molecule has 1 aliphatic heterocycles. The van der Waals surface area contributed by atoms with Crippen LogP contribution in [0.15, 0.2) is 35.2 Å². The third-order valence-electron chi connectivity index (χ3n) is 4.07. The SMILES string of the molecule is Cc1ccc(C[C@@H]2CCCN(C(=O)c3ccsc3)C2)cn1. The summed E-state index contributed by atoms with van der Waals surface area (Å²) in [6.07, 6.45) is 5.27. The number of amides is 1. The molecule has 0 spiro atoms. The summed E-state index contributed by atoms with van der Waals surface area (Å²) in [4.78, 5) is 18.8. The zero-order valence-electron chi connectivity index (χ0n) is 12.3. The van der Waals surface area contributed by atoms with Crippen molar-refractivity contribution >= 4 is 17.2 Å². The first kappa shape index (κ1) is 14.3. The molecule has 0 saturated carbocycles. The van der Waals surface area contributed by atoms with E-state index in [2.05, 4.69) is 17.1 Å². The molecule has 0 radical (unpaired) electrons. The second-order valence-electron chi connectivity index (χ2n) is 5.78. The summed E-state index contributed by atoms with van der Waals surface area (Å²) >= 11 is 1.58. The number of rotatable bonds is 3. The molecule has 3 rings (SSSR count). The number of nitrogens with zero attached hydrogens (tertiary/aromatic N) is 2. The van der Waals surface area contributed by atoms with E-state index in [1.54, 1.807) is 11.3 Å². The molecule has 2 aromatic rings. The Morgan fingerprint density at radius 3 is 3.05 bits per heavy atom. The minimum atomic E-state index is 0.183. The van der Waals surface area contributed by atoms with Crippen LogP contribution in [0, 0.1) is 12.8 Å². The van der Waals surface area contributed by atoms with Crippen molar-refractivity contribution in [3.05, 3.63) is 52.0 Å². The Morgan fingerprint density at radius 1 is 1.43 bits per heavy atom. The Balaban J connectivity index is 1.63. The van der Waals surface area contributed by atoms with Crippen LogP contribution in [-0.4, -0.2) is 28.9 Å². The maximum atomic E-state index is 12.4. The number of thiophene rings is 1. The van der Waals surface area contributed by atoms with Crippen LogP contribution in [-0.2, 0) is 6.42 Å². The van der Waals surface area contributed by atoms with Crippen LogP contribution in [0.4, 0.5) is 0 Å². The van der Waals surface area contributed by atoms with Gasteiger partial charge in [0, 0.05) is 30.4 Å². The number of aryl methyl sites for hydroxylation is 1. The fourth-order valence-corrected chi connectivity index (χ4v) is 3.57. The lowest BCUT2D eigenvalue weighted by Gasteiger charge is -2.32. The van der Waals surface area contributed by atoms with Gasteiger partial charge in [0.15, 0.2) is 0 Å². The molecule has 3 nitrogen and oxygen atoms in total. The van der Waals surface area contributed by atoms with Gasteiger partial charge in [-0.25, -0.2) is 0 Å². The lowest BCUT2D eigenvalue weighted by atomic mass is 9.91. The van der Waals surface area contributed by atoms with Crippen LogP contribution < -0.4 is 0 Å². The van der Waals surface area contributed by atoms with E-state index >= 15 is 0 Å². The van der Waals surface area contributed by atoms with Gasteiger partial charge in [0.2, 0.25) is 0 Å². The minimum absolute atomic E-state index is 0.183. The number of pyridine rings is 1. The smallest absolute Gasteiger partial charge is 0.254 e. The topological polar surface area (TPSA) is 33.2 Å². The zero-order valence-corrected chi connectivity index (χ0v) is 13.1. The summed E-state index contributed by atoms with van der Waals surface area (Å²) < 4.78 is 0. The van der Waals surface area contributed by atoms with Crippen LogP contribution in [0.2, 0.25) is 0 Å². The van der Waals surface area contributed by atoms with Gasteiger partial charge >= 0.3 is 0 Å². The van der Waals surface area contributed by atoms with Gasteiger partial charge in [-0.15, -0.1) is 0 Å². The Bertz CT molecular complexity index is 592. The first-order valence-electron chi connectivity index (χ1n) is 7.45. The largest absolute Gasteiger partial charge is 0.338 e. The number of hydrogen-bond donors (Lipinski definition) is 0. The molecule has 1 atom stereocenters. The number of hydrogen-bond acceptors (Lipinski definition) is 3. The highest BCUT2D eigenvalue weighted by atomic mass is 32.1. The first-order chi connectivity index (χ1) is 10.2. The molecule has 2 aromatic heterocycles. The average Bonchev–Trinajstić information content (AvgIpc) is 3.03. The van der Waals surface area contributed by atoms with E-state index in [4.69, 9.17) is 0 Å². The van der Waals surface area contributed by atoms with E-state index in [1.807, 2.05) is 34.8 Å². The molecule has 0 N–H and O–H groups in total. The predicted octanol–water partition coefficient (Wildman–Crippen LogP) is 3.55. The number of likely N-dealkylation sites (tertiary alicyclic amines) is 1. The predicted molar refractivity (Wildman–Crippen MR) is 85.6 cm³/mol. The van der Waals surface area contributed by atoms with Gasteiger partial charge in [-0.05, 0) is 55.2 Å². The van der Waals surface area contributed by atoms with E-state index in [0.29, 0.717) is 5.92 Å². The molecule has 110 valence electrons. The lowest BCUT2D eigenvalue weighted by molar-refractivity contribution is 0.0674. The van der Waals surface area contributed by atoms with Crippen LogP contribution >= 0.6 is 11.3 Å². The highest BCUT2D eigenvalue weighted by Crippen LogP contribution is 2.22. The fraction of sp³-hybridized carbons (Fsp3) is 0.412. The van der Waals surface area contributed by atoms with Crippen molar-refractivity contribution in [3.8, 4) is 0 Å². The van der Waals surface area contributed by atoms with E-state index in [1.165, 1.54) is 12.0 Å². The lowest BCUT2D eigenvalue weighted by Crippen LogP contribution is -2.40. The minimum Gasteiger partial charge on any atom is -0.338 e. The monoisotopic (exact) mass is 300 g/mol. The molecule has 0 aliphatic carbocycles. The van der Waals surface area contributed by atoms with Crippen molar-refractivity contribution in [2.45, 2.75) is 26.2 Å². The molecule has 4 heteroatoms. The Morgan fingerprint density at radius 2 is 2.33 bits per heavy atom. The standard InChI is InChI=1S/C17H20N2OS/c1-13-4-5-14(10-18-13)9-15-3-2-7-19(11-15)17(20)16-6-8-21-12-16/h4-6,8,10,12,15H,2-3,7,9,11H2,1H3/t15-/m0/s1. The normalized spacial score (nSPS) is 18.7. The second-order valence-corrected chi connectivity index (χ2v) is 6.56. The summed E-state index contributed by atoms with van der Waals surface area (Å²) in [5, 5.41) is 3.91. The fourth-order valence-electron chi connectivity index (χ4n) is 2.94. The molecule has 1 aliphatic rings. The molecule has 1 amide bonds. The molecular weight excluding hydrogens is 280 g/mol. The molecule has 0 bridgehead atoms. The second kappa shape index (κ2) is 6.39. The maximum Gasteiger partial charge on any atom is 0.254 e. The quantitative estimate of drug-likeness (QED) is 0.868. The number of piperidine rings is 1. The third-order valence-corrected chi connectivity index (χ3v) is 4.75. The van der Waals surface area contributed by atoms with Gasteiger partial charge in [0.25, 0.3) is 5.91 Å². The first-order valence-corrected chi connectivity index (χ1v) is 8.39. The summed E-state index contributed by atoms with van der Waals surface area (Å²) in [6, 6.07) is 6.13. The van der Waals surface area contributed by atoms with Crippen molar-refractivity contribution in [2.24, 2.45) is 5.92 Å². The molecular formula is C17H20N2OS. The summed E-state index contributed by atoms with van der Waals surface area (Å²) in [7, 11) is 0. The highest BCUT2D eigenvalue weighted by Gasteiger charge is 2.24. The molecule has 0 aromatic carbocycles. The summed E-state index contributed by atoms with van der Waals surface area (Å²) in [6.45, 7) is 3.76. The van der Waals surface area contributed by atoms with Crippen molar-refractivity contribution in [1.82, 2.24) is 9.88 Å². The molecule has 1 fully saturated rings. The van der Waals surface area contributed by atoms with Crippen LogP contribution in [0.5, 0.6) is 0 Å². The van der Waals surface area contributed by atoms with E-state index in [-0.39, 0.29) is 5.91 Å². The van der Waals surface area contributed by atoms with E-state index in [9.17, 15) is 4.79 Å². The van der Waals surface area contributed by atoms with Crippen LogP contribution in [0.25, 0.3) is 0 Å². The van der Waals surface area contributed by atoms with Crippen molar-refractivity contribution < 1.29 is 4.79 Å². The van der Waals surface area contributed by atoms with E-state index in [0.717, 1.165) is 37.2 Å². The van der Waals surface area contributed by atoms with Gasteiger partial charge in [-0.1, -0.05) is 6.07 Å². The Kier molecular flexibility index (Phi) is 4.34. The van der Waals surface area contributed by atoms with E-state index < -0.39 is 0 Å². The van der Waals surface area contributed by atoms with Gasteiger partial charge in [0.05, 0.1) is 5.56 Å². The van der Waals surface area contributed by atoms with Crippen LogP contribution in [0.1, 0.15) is 34.5 Å². The number of carbonyl (C=O) groups excluding carboxylic acids is 1. The van der Waals surface area contributed by atoms with Crippen molar-refractivity contribution in [3.63, 3.8) is 0 Å². The van der Waals surface area contributed by atoms with Crippen LogP contribution in [0.3, 0.4) is 0 Å².